The third kappa shape index (κ3) is 3.14. The van der Waals surface area contributed by atoms with E-state index >= 15 is 0 Å². The minimum Gasteiger partial charge on any atom is -0.294 e. The quantitative estimate of drug-likeness (QED) is 0.761. The normalized spacial score (nSPS) is 19.6. The monoisotopic (exact) mass is 271 g/mol. The van der Waals surface area contributed by atoms with E-state index in [4.69, 9.17) is 0 Å². The molecule has 1 aromatic rings. The second-order valence-corrected chi connectivity index (χ2v) is 6.63. The summed E-state index contributed by atoms with van der Waals surface area (Å²) >= 11 is 0. The van der Waals surface area contributed by atoms with Gasteiger partial charge in [-0.15, -0.1) is 0 Å². The second kappa shape index (κ2) is 5.16. The van der Waals surface area contributed by atoms with Gasteiger partial charge < -0.3 is 0 Å². The third-order valence-electron chi connectivity index (χ3n) is 2.98. The Hall–Kier alpha value is -1.27. The predicted molar refractivity (Wildman–Crippen MR) is 65.8 cm³/mol. The van der Waals surface area contributed by atoms with Crippen LogP contribution in [0.2, 0.25) is 0 Å². The Kier molecular flexibility index (Phi) is 3.77. The van der Waals surface area contributed by atoms with E-state index < -0.39 is 15.7 Å². The molecule has 1 aromatic carbocycles. The number of rotatable bonds is 3. The van der Waals surface area contributed by atoms with Gasteiger partial charge in [-0.3, -0.25) is 9.69 Å². The molecule has 0 atom stereocenters. The van der Waals surface area contributed by atoms with Crippen LogP contribution in [0.25, 0.3) is 0 Å². The summed E-state index contributed by atoms with van der Waals surface area (Å²) in [6, 6.07) is 5.82. The number of carbonyl (C=O) groups excluding carboxylic acids is 1. The van der Waals surface area contributed by atoms with Gasteiger partial charge in [0.2, 0.25) is 0 Å². The molecule has 98 valence electrons. The largest absolute Gasteiger partial charge is 0.294 e. The summed E-state index contributed by atoms with van der Waals surface area (Å²) in [5.74, 6) is -0.714. The Morgan fingerprint density at radius 3 is 2.44 bits per heavy atom. The fourth-order valence-corrected chi connectivity index (χ4v) is 3.16. The van der Waals surface area contributed by atoms with Crippen LogP contribution in [-0.4, -0.2) is 50.2 Å². The molecular formula is C12H14FNO3S. The first-order chi connectivity index (χ1) is 8.48. The number of sulfone groups is 1. The summed E-state index contributed by atoms with van der Waals surface area (Å²) < 4.78 is 35.9. The summed E-state index contributed by atoms with van der Waals surface area (Å²) in [7, 11) is -2.95. The summed E-state index contributed by atoms with van der Waals surface area (Å²) in [5, 5.41) is 0. The highest BCUT2D eigenvalue weighted by atomic mass is 32.2. The van der Waals surface area contributed by atoms with Crippen LogP contribution in [0, 0.1) is 5.82 Å². The molecule has 0 amide bonds. The van der Waals surface area contributed by atoms with E-state index in [-0.39, 0.29) is 29.4 Å². The van der Waals surface area contributed by atoms with Gasteiger partial charge in [0.1, 0.15) is 5.82 Å². The zero-order valence-electron chi connectivity index (χ0n) is 9.80. The van der Waals surface area contributed by atoms with Crippen LogP contribution in [0.3, 0.4) is 0 Å². The molecule has 0 unspecified atom stereocenters. The molecule has 1 saturated heterocycles. The summed E-state index contributed by atoms with van der Waals surface area (Å²) in [5.41, 5.74) is 0.0610. The van der Waals surface area contributed by atoms with Gasteiger partial charge in [-0.05, 0) is 12.1 Å². The van der Waals surface area contributed by atoms with Gasteiger partial charge in [0.25, 0.3) is 0 Å². The highest BCUT2D eigenvalue weighted by molar-refractivity contribution is 7.91. The summed E-state index contributed by atoms with van der Waals surface area (Å²) in [6.45, 7) is 0.738. The van der Waals surface area contributed by atoms with Gasteiger partial charge >= 0.3 is 0 Å². The van der Waals surface area contributed by atoms with Crippen LogP contribution >= 0.6 is 0 Å². The lowest BCUT2D eigenvalue weighted by molar-refractivity contribution is 0.0932. The van der Waals surface area contributed by atoms with Gasteiger partial charge in [-0.1, -0.05) is 12.1 Å². The first-order valence-corrected chi connectivity index (χ1v) is 7.50. The molecule has 1 aliphatic rings. The van der Waals surface area contributed by atoms with Crippen molar-refractivity contribution in [2.45, 2.75) is 0 Å². The molecule has 4 nitrogen and oxygen atoms in total. The molecule has 1 fully saturated rings. The predicted octanol–water partition coefficient (Wildman–Crippen LogP) is 0.739. The van der Waals surface area contributed by atoms with E-state index in [0.29, 0.717) is 13.1 Å². The fourth-order valence-electron chi connectivity index (χ4n) is 1.88. The van der Waals surface area contributed by atoms with E-state index in [2.05, 4.69) is 0 Å². The van der Waals surface area contributed by atoms with Gasteiger partial charge in [0.15, 0.2) is 15.6 Å². The zero-order valence-corrected chi connectivity index (χ0v) is 10.6. The molecular weight excluding hydrogens is 257 g/mol. The fraction of sp³-hybridized carbons (Fsp3) is 0.417. The number of carbonyl (C=O) groups is 1. The van der Waals surface area contributed by atoms with Crippen molar-refractivity contribution >= 4 is 15.6 Å². The van der Waals surface area contributed by atoms with E-state index in [1.165, 1.54) is 18.2 Å². The van der Waals surface area contributed by atoms with E-state index in [0.717, 1.165) is 0 Å². The van der Waals surface area contributed by atoms with Crippen molar-refractivity contribution in [2.75, 3.05) is 31.1 Å². The average Bonchev–Trinajstić information content (AvgIpc) is 2.32. The minimum atomic E-state index is -2.95. The van der Waals surface area contributed by atoms with Gasteiger partial charge in [-0.2, -0.15) is 0 Å². The first kappa shape index (κ1) is 13.2. The maximum absolute atomic E-state index is 13.4. The molecule has 0 spiro atoms. The molecule has 1 heterocycles. The number of hydrogen-bond acceptors (Lipinski definition) is 4. The summed E-state index contributed by atoms with van der Waals surface area (Å²) in [4.78, 5) is 13.6. The van der Waals surface area contributed by atoms with Gasteiger partial charge in [-0.25, -0.2) is 12.8 Å². The lowest BCUT2D eigenvalue weighted by atomic mass is 10.1. The van der Waals surface area contributed by atoms with Crippen molar-refractivity contribution in [1.82, 2.24) is 4.90 Å². The Bertz CT molecular complexity index is 542. The first-order valence-electron chi connectivity index (χ1n) is 5.68. The molecule has 18 heavy (non-hydrogen) atoms. The SMILES string of the molecule is O=C(CN1CCS(=O)(=O)CC1)c1ccccc1F. The smallest absolute Gasteiger partial charge is 0.179 e. The van der Waals surface area contributed by atoms with Crippen LogP contribution in [0.5, 0.6) is 0 Å². The number of nitrogens with zero attached hydrogens (tertiary/aromatic N) is 1. The number of ketones is 1. The van der Waals surface area contributed by atoms with Crippen LogP contribution < -0.4 is 0 Å². The molecule has 0 aromatic heterocycles. The highest BCUT2D eigenvalue weighted by Crippen LogP contribution is 2.10. The van der Waals surface area contributed by atoms with Crippen molar-refractivity contribution in [2.24, 2.45) is 0 Å². The van der Waals surface area contributed by atoms with E-state index in [9.17, 15) is 17.6 Å². The average molecular weight is 271 g/mol. The van der Waals surface area contributed by atoms with Gasteiger partial charge in [0.05, 0.1) is 23.6 Å². The molecule has 0 N–H and O–H groups in total. The Balaban J connectivity index is 1.99. The number of benzene rings is 1. The maximum atomic E-state index is 13.4. The molecule has 2 rings (SSSR count). The summed E-state index contributed by atoms with van der Waals surface area (Å²) in [6.07, 6.45) is 0. The topological polar surface area (TPSA) is 54.5 Å². The highest BCUT2D eigenvalue weighted by Gasteiger charge is 2.23. The van der Waals surface area contributed by atoms with Crippen molar-refractivity contribution in [3.8, 4) is 0 Å². The van der Waals surface area contributed by atoms with E-state index in [1.54, 1.807) is 11.0 Å². The molecule has 1 aliphatic heterocycles. The van der Waals surface area contributed by atoms with Crippen molar-refractivity contribution in [3.05, 3.63) is 35.6 Å². The second-order valence-electron chi connectivity index (χ2n) is 4.33. The third-order valence-corrected chi connectivity index (χ3v) is 4.59. The van der Waals surface area contributed by atoms with Crippen LogP contribution in [0.1, 0.15) is 10.4 Å². The number of hydrogen-bond donors (Lipinski definition) is 0. The molecule has 0 aliphatic carbocycles. The Morgan fingerprint density at radius 1 is 1.22 bits per heavy atom. The zero-order chi connectivity index (χ0) is 13.2. The molecule has 6 heteroatoms. The van der Waals surface area contributed by atoms with Crippen molar-refractivity contribution in [3.63, 3.8) is 0 Å². The number of Topliss-reactive ketones (excluding diaryl/α,β-unsaturated/α-hetero) is 1. The molecule has 0 radical (unpaired) electrons. The lowest BCUT2D eigenvalue weighted by Crippen LogP contribution is -2.42. The van der Waals surface area contributed by atoms with Crippen LogP contribution in [-0.2, 0) is 9.84 Å². The van der Waals surface area contributed by atoms with Crippen LogP contribution in [0.15, 0.2) is 24.3 Å². The van der Waals surface area contributed by atoms with Crippen molar-refractivity contribution < 1.29 is 17.6 Å². The van der Waals surface area contributed by atoms with Crippen LogP contribution in [0.4, 0.5) is 4.39 Å². The minimum absolute atomic E-state index is 0.0610. The Labute approximate surface area is 105 Å². The number of halogens is 1. The lowest BCUT2D eigenvalue weighted by Gasteiger charge is -2.25. The van der Waals surface area contributed by atoms with E-state index in [1.807, 2.05) is 0 Å². The maximum Gasteiger partial charge on any atom is 0.179 e. The van der Waals surface area contributed by atoms with Gasteiger partial charge in [0, 0.05) is 13.1 Å². The Morgan fingerprint density at radius 2 is 1.83 bits per heavy atom. The molecule has 0 saturated carbocycles. The van der Waals surface area contributed by atoms with Crippen molar-refractivity contribution in [1.29, 1.82) is 0 Å². The molecule has 0 bridgehead atoms. The standard InChI is InChI=1S/C12H14FNO3S/c13-11-4-2-1-3-10(11)12(15)9-14-5-7-18(16,17)8-6-14/h1-4H,5-9H2.